The molecule has 0 bridgehead atoms. The zero-order valence-electron chi connectivity index (χ0n) is 12.7. The van der Waals surface area contributed by atoms with E-state index < -0.39 is 23.5 Å². The third-order valence-electron chi connectivity index (χ3n) is 2.83. The van der Waals surface area contributed by atoms with E-state index in [9.17, 15) is 14.4 Å². The number of carboxylic acid groups (broad SMARTS) is 1. The van der Waals surface area contributed by atoms with Crippen LogP contribution in [0.15, 0.2) is 18.6 Å². The van der Waals surface area contributed by atoms with Crippen LogP contribution in [0.25, 0.3) is 0 Å². The molecular formula is C13H18N4O5S. The summed E-state index contributed by atoms with van der Waals surface area (Å²) in [4.78, 5) is 43.0. The van der Waals surface area contributed by atoms with Crippen LogP contribution in [-0.2, 0) is 19.1 Å². The van der Waals surface area contributed by atoms with Crippen LogP contribution in [0.3, 0.4) is 0 Å². The third-order valence-corrected chi connectivity index (χ3v) is 3.57. The number of carboxylic acids is 1. The van der Waals surface area contributed by atoms with Crippen molar-refractivity contribution in [2.24, 2.45) is 0 Å². The highest BCUT2D eigenvalue weighted by Gasteiger charge is 2.40. The molecule has 1 aromatic rings. The van der Waals surface area contributed by atoms with Crippen molar-refractivity contribution in [2.75, 3.05) is 31.0 Å². The van der Waals surface area contributed by atoms with Crippen LogP contribution in [0.1, 0.15) is 0 Å². The van der Waals surface area contributed by atoms with Gasteiger partial charge in [0.1, 0.15) is 5.82 Å². The minimum atomic E-state index is -1.67. The van der Waals surface area contributed by atoms with Gasteiger partial charge >= 0.3 is 5.97 Å². The summed E-state index contributed by atoms with van der Waals surface area (Å²) in [5.74, 6) is -1.74. The van der Waals surface area contributed by atoms with Crippen LogP contribution in [0.2, 0.25) is 0 Å². The number of carbonyl (C=O) groups excluding carboxylic acids is 2. The predicted molar refractivity (Wildman–Crippen MR) is 84.3 cm³/mol. The second kappa shape index (κ2) is 9.06. The van der Waals surface area contributed by atoms with Crippen molar-refractivity contribution in [3.63, 3.8) is 0 Å². The molecule has 2 atom stereocenters. The molecule has 1 rings (SSSR count). The van der Waals surface area contributed by atoms with E-state index in [0.29, 0.717) is 6.29 Å². The summed E-state index contributed by atoms with van der Waals surface area (Å²) in [6, 6.07) is -1.27. The molecule has 0 fully saturated rings. The second-order valence-electron chi connectivity index (χ2n) is 4.56. The standard InChI is InChI=1S/C13H18N4O5S/c1-22-6-9(11(19)20)16-12(21)13(7-18,8-23-2)17-10-5-14-3-4-15-10/h3-5,7,9H,6,8H2,1-2H3,(H,15,17)(H,16,21)(H,19,20)/t9-,13-/m0/s1. The molecule has 0 spiro atoms. The van der Waals surface area contributed by atoms with Gasteiger partial charge in [-0.15, -0.1) is 0 Å². The van der Waals surface area contributed by atoms with Gasteiger partial charge < -0.3 is 25.3 Å². The molecule has 0 aliphatic heterocycles. The van der Waals surface area contributed by atoms with Crippen molar-refractivity contribution in [1.82, 2.24) is 15.3 Å². The predicted octanol–water partition coefficient (Wildman–Crippen LogP) is -0.595. The van der Waals surface area contributed by atoms with Gasteiger partial charge in [-0.3, -0.25) is 9.78 Å². The van der Waals surface area contributed by atoms with E-state index in [-0.39, 0.29) is 18.2 Å². The lowest BCUT2D eigenvalue weighted by molar-refractivity contribution is -0.144. The van der Waals surface area contributed by atoms with E-state index in [1.54, 1.807) is 6.26 Å². The molecule has 0 saturated heterocycles. The average Bonchev–Trinajstić information content (AvgIpc) is 2.54. The van der Waals surface area contributed by atoms with E-state index in [4.69, 9.17) is 9.84 Å². The fraction of sp³-hybridized carbons (Fsp3) is 0.462. The van der Waals surface area contributed by atoms with E-state index >= 15 is 0 Å². The van der Waals surface area contributed by atoms with E-state index in [2.05, 4.69) is 20.6 Å². The van der Waals surface area contributed by atoms with Gasteiger partial charge in [-0.1, -0.05) is 0 Å². The van der Waals surface area contributed by atoms with Crippen molar-refractivity contribution in [1.29, 1.82) is 0 Å². The Labute approximate surface area is 137 Å². The number of methoxy groups -OCH3 is 1. The number of amides is 1. The lowest BCUT2D eigenvalue weighted by Crippen LogP contribution is -2.60. The zero-order chi connectivity index (χ0) is 17.3. The molecule has 0 aromatic carbocycles. The van der Waals surface area contributed by atoms with Gasteiger partial charge in [0.2, 0.25) is 0 Å². The van der Waals surface area contributed by atoms with Crippen molar-refractivity contribution in [3.05, 3.63) is 18.6 Å². The summed E-state index contributed by atoms with van der Waals surface area (Å²) in [6.07, 6.45) is 6.35. The molecule has 0 radical (unpaired) electrons. The highest BCUT2D eigenvalue weighted by Crippen LogP contribution is 2.16. The minimum absolute atomic E-state index is 0.0816. The molecule has 9 nitrogen and oxygen atoms in total. The molecule has 0 aliphatic rings. The first-order valence-corrected chi connectivity index (χ1v) is 7.90. The molecule has 126 valence electrons. The summed E-state index contributed by atoms with van der Waals surface area (Å²) in [5.41, 5.74) is -1.67. The van der Waals surface area contributed by atoms with Gasteiger partial charge in [0.05, 0.1) is 12.8 Å². The molecule has 1 aromatic heterocycles. The lowest BCUT2D eigenvalue weighted by atomic mass is 10.0. The number of aliphatic carboxylic acids is 1. The first-order valence-electron chi connectivity index (χ1n) is 6.51. The maximum Gasteiger partial charge on any atom is 0.328 e. The fourth-order valence-electron chi connectivity index (χ4n) is 1.72. The summed E-state index contributed by atoms with van der Waals surface area (Å²) >= 11 is 1.25. The third kappa shape index (κ3) is 5.18. The number of ether oxygens (including phenoxy) is 1. The Balaban J connectivity index is 3.01. The number of aromatic nitrogens is 2. The largest absolute Gasteiger partial charge is 0.480 e. The van der Waals surface area contributed by atoms with Crippen LogP contribution < -0.4 is 10.6 Å². The van der Waals surface area contributed by atoms with E-state index in [1.165, 1.54) is 37.5 Å². The molecule has 23 heavy (non-hydrogen) atoms. The maximum absolute atomic E-state index is 12.5. The van der Waals surface area contributed by atoms with E-state index in [0.717, 1.165) is 0 Å². The van der Waals surface area contributed by atoms with Crippen LogP contribution in [0.5, 0.6) is 0 Å². The Morgan fingerprint density at radius 3 is 2.74 bits per heavy atom. The molecule has 1 amide bonds. The number of nitrogens with zero attached hydrogens (tertiary/aromatic N) is 2. The van der Waals surface area contributed by atoms with Crippen LogP contribution in [0, 0.1) is 0 Å². The zero-order valence-corrected chi connectivity index (χ0v) is 13.5. The molecule has 1 heterocycles. The van der Waals surface area contributed by atoms with E-state index in [1.807, 2.05) is 0 Å². The number of hydrogen-bond donors (Lipinski definition) is 3. The topological polar surface area (TPSA) is 131 Å². The molecule has 0 unspecified atom stereocenters. The number of rotatable bonds is 10. The minimum Gasteiger partial charge on any atom is -0.480 e. The number of thioether (sulfide) groups is 1. The monoisotopic (exact) mass is 342 g/mol. The number of hydrogen-bond acceptors (Lipinski definition) is 8. The van der Waals surface area contributed by atoms with Gasteiger partial charge in [-0.2, -0.15) is 11.8 Å². The Morgan fingerprint density at radius 2 is 2.26 bits per heavy atom. The molecule has 3 N–H and O–H groups in total. The second-order valence-corrected chi connectivity index (χ2v) is 5.42. The Bertz CT molecular complexity index is 544. The quantitative estimate of drug-likeness (QED) is 0.377. The lowest BCUT2D eigenvalue weighted by Gasteiger charge is -2.29. The fourth-order valence-corrected chi connectivity index (χ4v) is 2.45. The van der Waals surface area contributed by atoms with Crippen molar-refractivity contribution >= 4 is 35.7 Å². The summed E-state index contributed by atoms with van der Waals surface area (Å²) in [6.45, 7) is -0.222. The Hall–Kier alpha value is -2.20. The van der Waals surface area contributed by atoms with Crippen LogP contribution in [-0.4, -0.2) is 70.5 Å². The molecule has 0 saturated carbocycles. The SMILES string of the molecule is COC[C@H](NC(=O)[C@](C=O)(CSC)Nc1cnccn1)C(=O)O. The van der Waals surface area contributed by atoms with Gasteiger partial charge in [-0.05, 0) is 6.26 Å². The average molecular weight is 342 g/mol. The number of aldehydes is 1. The summed E-state index contributed by atoms with van der Waals surface area (Å²) < 4.78 is 4.76. The summed E-state index contributed by atoms with van der Waals surface area (Å²) in [5, 5.41) is 14.1. The first kappa shape index (κ1) is 18.8. The van der Waals surface area contributed by atoms with Gasteiger partial charge in [0, 0.05) is 25.3 Å². The molecule has 0 aliphatic carbocycles. The van der Waals surface area contributed by atoms with Crippen molar-refractivity contribution in [3.8, 4) is 0 Å². The highest BCUT2D eigenvalue weighted by molar-refractivity contribution is 7.98. The molecule has 10 heteroatoms. The van der Waals surface area contributed by atoms with Crippen LogP contribution >= 0.6 is 11.8 Å². The normalized spacial score (nSPS) is 14.3. The maximum atomic E-state index is 12.5. The molecular weight excluding hydrogens is 324 g/mol. The smallest absolute Gasteiger partial charge is 0.328 e. The number of carbonyl (C=O) groups is 3. The van der Waals surface area contributed by atoms with Crippen molar-refractivity contribution < 1.29 is 24.2 Å². The van der Waals surface area contributed by atoms with Gasteiger partial charge in [0.15, 0.2) is 17.9 Å². The number of nitrogens with one attached hydrogen (secondary N) is 2. The Morgan fingerprint density at radius 1 is 1.52 bits per heavy atom. The Kier molecular flexibility index (Phi) is 7.42. The highest BCUT2D eigenvalue weighted by atomic mass is 32.2. The van der Waals surface area contributed by atoms with Crippen LogP contribution in [0.4, 0.5) is 5.82 Å². The van der Waals surface area contributed by atoms with Gasteiger partial charge in [-0.25, -0.2) is 9.78 Å². The summed E-state index contributed by atoms with van der Waals surface area (Å²) in [7, 11) is 1.31. The number of anilines is 1. The first-order chi connectivity index (χ1) is 11.0. The van der Waals surface area contributed by atoms with Gasteiger partial charge in [0.25, 0.3) is 5.91 Å². The van der Waals surface area contributed by atoms with Crippen molar-refractivity contribution in [2.45, 2.75) is 11.6 Å².